The molecule has 0 radical (unpaired) electrons. The summed E-state index contributed by atoms with van der Waals surface area (Å²) in [5, 5.41) is 11.1. The van der Waals surface area contributed by atoms with E-state index in [9.17, 15) is 14.7 Å². The van der Waals surface area contributed by atoms with Gasteiger partial charge < -0.3 is 9.84 Å². The van der Waals surface area contributed by atoms with E-state index in [4.69, 9.17) is 4.74 Å². The highest BCUT2D eigenvalue weighted by atomic mass is 16.5. The van der Waals surface area contributed by atoms with Gasteiger partial charge in [0, 0.05) is 23.0 Å². The van der Waals surface area contributed by atoms with Gasteiger partial charge in [0.2, 0.25) is 0 Å². The van der Waals surface area contributed by atoms with Crippen LogP contribution in [0, 0.1) is 10.8 Å². The number of phenolic OH excluding ortho intramolecular Hbond substituents is 1. The van der Waals surface area contributed by atoms with Gasteiger partial charge in [-0.1, -0.05) is 69.0 Å². The van der Waals surface area contributed by atoms with Gasteiger partial charge >= 0.3 is 0 Å². The van der Waals surface area contributed by atoms with Gasteiger partial charge in [0.1, 0.15) is 18.1 Å². The molecule has 1 N–H and O–H groups in total. The third kappa shape index (κ3) is 3.36. The van der Waals surface area contributed by atoms with Crippen LogP contribution in [0.4, 0.5) is 0 Å². The van der Waals surface area contributed by atoms with Crippen LogP contribution in [0.3, 0.4) is 0 Å². The molecule has 0 aliphatic heterocycles. The highest BCUT2D eigenvalue weighted by Gasteiger charge is 2.63. The first-order valence-corrected chi connectivity index (χ1v) is 11.2. The lowest BCUT2D eigenvalue weighted by atomic mass is 9.45. The third-order valence-corrected chi connectivity index (χ3v) is 7.82. The number of hydrogen-bond acceptors (Lipinski definition) is 4. The van der Waals surface area contributed by atoms with Gasteiger partial charge in [0.25, 0.3) is 0 Å². The molecule has 170 valence electrons. The molecule has 2 aromatic rings. The summed E-state index contributed by atoms with van der Waals surface area (Å²) in [6.07, 6.45) is 4.17. The molecule has 3 unspecified atom stereocenters. The minimum atomic E-state index is -1.05. The van der Waals surface area contributed by atoms with Gasteiger partial charge in [-0.15, -0.1) is 0 Å². The molecule has 0 saturated heterocycles. The first kappa shape index (κ1) is 22.8. The van der Waals surface area contributed by atoms with Crippen LogP contribution in [0.5, 0.6) is 11.5 Å². The highest BCUT2D eigenvalue weighted by Crippen LogP contribution is 2.62. The number of phenols is 1. The normalized spacial score (nSPS) is 27.2. The number of fused-ring (bicyclic) bond motifs is 1. The second-order valence-corrected chi connectivity index (χ2v) is 9.48. The Morgan fingerprint density at radius 2 is 1.73 bits per heavy atom. The number of allylic oxidation sites excluding steroid dienone is 5. The van der Waals surface area contributed by atoms with Crippen molar-refractivity contribution < 1.29 is 19.4 Å². The molecule has 2 aliphatic carbocycles. The fraction of sp³-hybridized carbons (Fsp3) is 0.310. The second-order valence-electron chi connectivity index (χ2n) is 9.48. The zero-order chi connectivity index (χ0) is 24.0. The van der Waals surface area contributed by atoms with Crippen LogP contribution in [0.25, 0.3) is 0 Å². The Morgan fingerprint density at radius 3 is 2.36 bits per heavy atom. The number of carbonyl (C=O) groups excluding carboxylic acids is 2. The van der Waals surface area contributed by atoms with E-state index in [1.807, 2.05) is 50.3 Å². The third-order valence-electron chi connectivity index (χ3n) is 7.82. The molecule has 0 spiro atoms. The molecular weight excluding hydrogens is 412 g/mol. The van der Waals surface area contributed by atoms with Crippen LogP contribution in [-0.2, 0) is 16.2 Å². The van der Waals surface area contributed by atoms with E-state index in [1.165, 1.54) is 0 Å². The first-order chi connectivity index (χ1) is 15.6. The van der Waals surface area contributed by atoms with E-state index in [1.54, 1.807) is 38.1 Å². The largest absolute Gasteiger partial charge is 0.508 e. The van der Waals surface area contributed by atoms with E-state index in [0.29, 0.717) is 35.5 Å². The molecule has 3 atom stereocenters. The smallest absolute Gasteiger partial charge is 0.166 e. The summed E-state index contributed by atoms with van der Waals surface area (Å²) in [5.74, 6) is 0.00688. The summed E-state index contributed by atoms with van der Waals surface area (Å²) in [5.41, 5.74) is 1.54. The van der Waals surface area contributed by atoms with Gasteiger partial charge in [-0.25, -0.2) is 0 Å². The molecule has 0 aromatic heterocycles. The fourth-order valence-electron chi connectivity index (χ4n) is 5.45. The molecule has 0 fully saturated rings. The highest BCUT2D eigenvalue weighted by molar-refractivity contribution is 6.17. The number of benzene rings is 2. The van der Waals surface area contributed by atoms with Crippen molar-refractivity contribution in [2.24, 2.45) is 10.8 Å². The van der Waals surface area contributed by atoms with Crippen LogP contribution in [-0.4, -0.2) is 16.7 Å². The van der Waals surface area contributed by atoms with Gasteiger partial charge in [-0.05, 0) is 48.6 Å². The lowest BCUT2D eigenvalue weighted by molar-refractivity contribution is -0.147. The number of Topliss-reactive ketones (excluding diaryl/α,β-unsaturated/α-hetero) is 2. The Labute approximate surface area is 195 Å². The average Bonchev–Trinajstić information content (AvgIpc) is 2.82. The second kappa shape index (κ2) is 8.18. The fourth-order valence-corrected chi connectivity index (χ4v) is 5.45. The minimum Gasteiger partial charge on any atom is -0.508 e. The van der Waals surface area contributed by atoms with Crippen molar-refractivity contribution in [3.63, 3.8) is 0 Å². The quantitative estimate of drug-likeness (QED) is 0.610. The van der Waals surface area contributed by atoms with E-state index in [-0.39, 0.29) is 17.3 Å². The standard InChI is InChI=1S/C29H30O4/c1-6-21-14-15-28(4)26(31)18(2)19(3)27(32)29(28,5)25(21)23-13-12-22(16-24(23)30)33-17-20-10-8-7-9-11-20/h6-14,16,25,30H,1,15,17H2,2-5H3. The lowest BCUT2D eigenvalue weighted by Gasteiger charge is -2.54. The molecule has 0 saturated carbocycles. The summed E-state index contributed by atoms with van der Waals surface area (Å²) in [4.78, 5) is 27.2. The summed E-state index contributed by atoms with van der Waals surface area (Å²) in [7, 11) is 0. The molecular formula is C29H30O4. The van der Waals surface area contributed by atoms with E-state index in [0.717, 1.165) is 11.1 Å². The molecule has 2 aromatic carbocycles. The van der Waals surface area contributed by atoms with Crippen molar-refractivity contribution >= 4 is 11.6 Å². The molecule has 0 bridgehead atoms. The van der Waals surface area contributed by atoms with Crippen molar-refractivity contribution in [2.45, 2.75) is 46.6 Å². The van der Waals surface area contributed by atoms with Gasteiger partial charge in [0.05, 0.1) is 5.41 Å². The van der Waals surface area contributed by atoms with Crippen LogP contribution >= 0.6 is 0 Å². The Kier molecular flexibility index (Phi) is 5.65. The Morgan fingerprint density at radius 1 is 1.06 bits per heavy atom. The number of ketones is 2. The predicted molar refractivity (Wildman–Crippen MR) is 129 cm³/mol. The number of carbonyl (C=O) groups is 2. The van der Waals surface area contributed by atoms with E-state index in [2.05, 4.69) is 6.58 Å². The summed E-state index contributed by atoms with van der Waals surface area (Å²) < 4.78 is 5.87. The molecule has 4 rings (SSSR count). The zero-order valence-corrected chi connectivity index (χ0v) is 19.6. The maximum Gasteiger partial charge on any atom is 0.166 e. The Bertz CT molecular complexity index is 1200. The number of ether oxygens (including phenoxy) is 1. The minimum absolute atomic E-state index is 0.00577. The lowest BCUT2D eigenvalue weighted by Crippen LogP contribution is -2.57. The van der Waals surface area contributed by atoms with Crippen LogP contribution < -0.4 is 4.74 Å². The zero-order valence-electron chi connectivity index (χ0n) is 19.6. The topological polar surface area (TPSA) is 63.6 Å². The monoisotopic (exact) mass is 442 g/mol. The Balaban J connectivity index is 1.77. The number of hydrogen-bond donors (Lipinski definition) is 1. The van der Waals surface area contributed by atoms with Crippen LogP contribution in [0.15, 0.2) is 84.0 Å². The molecule has 33 heavy (non-hydrogen) atoms. The molecule has 0 heterocycles. The van der Waals surface area contributed by atoms with Crippen molar-refractivity contribution in [1.29, 1.82) is 0 Å². The van der Waals surface area contributed by atoms with Gasteiger partial charge in [-0.2, -0.15) is 0 Å². The van der Waals surface area contributed by atoms with Crippen molar-refractivity contribution in [3.8, 4) is 11.5 Å². The van der Waals surface area contributed by atoms with Crippen molar-refractivity contribution in [3.05, 3.63) is 95.1 Å². The van der Waals surface area contributed by atoms with E-state index < -0.39 is 16.7 Å². The summed E-state index contributed by atoms with van der Waals surface area (Å²) >= 11 is 0. The predicted octanol–water partition coefficient (Wildman–Crippen LogP) is 6.07. The molecule has 2 aliphatic rings. The SMILES string of the molecule is C=CC1=CCC2(C)C(=O)C(C)=C(C)C(=O)C2(C)C1c1ccc(OCc2ccccc2)cc1O. The maximum absolute atomic E-state index is 13.7. The molecule has 4 nitrogen and oxygen atoms in total. The van der Waals surface area contributed by atoms with Crippen LogP contribution in [0.1, 0.15) is 51.2 Å². The molecule has 0 amide bonds. The van der Waals surface area contributed by atoms with Crippen molar-refractivity contribution in [2.75, 3.05) is 0 Å². The van der Waals surface area contributed by atoms with Gasteiger partial charge in [-0.3, -0.25) is 9.59 Å². The van der Waals surface area contributed by atoms with Gasteiger partial charge in [0.15, 0.2) is 11.6 Å². The average molecular weight is 443 g/mol. The van der Waals surface area contributed by atoms with Crippen LogP contribution in [0.2, 0.25) is 0 Å². The maximum atomic E-state index is 13.7. The number of rotatable bonds is 5. The summed E-state index contributed by atoms with van der Waals surface area (Å²) in [6, 6.07) is 15.0. The Hall–Kier alpha value is -3.40. The summed E-state index contributed by atoms with van der Waals surface area (Å²) in [6.45, 7) is 11.5. The number of aromatic hydroxyl groups is 1. The first-order valence-electron chi connectivity index (χ1n) is 11.2. The molecule has 4 heteroatoms. The van der Waals surface area contributed by atoms with E-state index >= 15 is 0 Å². The van der Waals surface area contributed by atoms with Crippen molar-refractivity contribution in [1.82, 2.24) is 0 Å².